The predicted molar refractivity (Wildman–Crippen MR) is 101 cm³/mol. The van der Waals surface area contributed by atoms with Gasteiger partial charge in [-0.15, -0.1) is 0 Å². The van der Waals surface area contributed by atoms with Crippen molar-refractivity contribution in [1.29, 1.82) is 0 Å². The van der Waals surface area contributed by atoms with E-state index in [1.54, 1.807) is 13.0 Å². The monoisotopic (exact) mass is 365 g/mol. The molecule has 2 nitrogen and oxygen atoms in total. The molecule has 0 N–H and O–H groups in total. The van der Waals surface area contributed by atoms with E-state index in [0.717, 1.165) is 19.6 Å². The summed E-state index contributed by atoms with van der Waals surface area (Å²) in [6.45, 7) is 3.62. The number of Topliss-reactive ketones (excluding diaryl/α,β-unsaturated/α-hetero) is 1. The summed E-state index contributed by atoms with van der Waals surface area (Å²) in [5.41, 5.74) is 1.83. The molecule has 1 aliphatic rings. The maximum atomic E-state index is 13.1. The van der Waals surface area contributed by atoms with Crippen LogP contribution in [0.4, 0.5) is 0 Å². The minimum absolute atomic E-state index is 0.00567. The molecule has 3 aromatic rings. The Morgan fingerprint density at radius 3 is 2.28 bits per heavy atom. The van der Waals surface area contributed by atoms with E-state index in [0.29, 0.717) is 5.56 Å². The highest BCUT2D eigenvalue weighted by Gasteiger charge is 2.41. The van der Waals surface area contributed by atoms with Crippen LogP contribution in [0.25, 0.3) is 0 Å². The van der Waals surface area contributed by atoms with Crippen molar-refractivity contribution in [2.75, 3.05) is 0 Å². The van der Waals surface area contributed by atoms with Crippen LogP contribution in [0.15, 0.2) is 91.2 Å². The lowest BCUT2D eigenvalue weighted by atomic mass is 10.1. The average molecular weight is 365 g/mol. The molecule has 3 aromatic carbocycles. The highest BCUT2D eigenvalue weighted by molar-refractivity contribution is 7.99. The maximum absolute atomic E-state index is 13.1. The van der Waals surface area contributed by atoms with Gasteiger partial charge in [0, 0.05) is 5.56 Å². The van der Waals surface area contributed by atoms with Gasteiger partial charge in [-0.3, -0.25) is 4.79 Å². The number of fused-ring (bicyclic) bond motifs is 2. The lowest BCUT2D eigenvalue weighted by molar-refractivity contribution is 0.101. The topological polar surface area (TPSA) is 34.1 Å². The summed E-state index contributed by atoms with van der Waals surface area (Å²) in [5.74, 6) is -0.00567. The Balaban J connectivity index is 1.99. The van der Waals surface area contributed by atoms with E-state index < -0.39 is 10.8 Å². The first-order chi connectivity index (χ1) is 12.1. The third kappa shape index (κ3) is 2.75. The zero-order valence-electron chi connectivity index (χ0n) is 14.0. The van der Waals surface area contributed by atoms with Crippen molar-refractivity contribution in [3.8, 4) is 0 Å². The van der Waals surface area contributed by atoms with Crippen LogP contribution in [0.1, 0.15) is 22.8 Å². The first-order valence-electron chi connectivity index (χ1n) is 8.03. The zero-order valence-corrected chi connectivity index (χ0v) is 15.6. The summed E-state index contributed by atoms with van der Waals surface area (Å²) in [4.78, 5) is 16.7. The molecule has 0 fully saturated rings. The van der Waals surface area contributed by atoms with Crippen molar-refractivity contribution in [2.45, 2.75) is 38.3 Å². The van der Waals surface area contributed by atoms with Crippen LogP contribution in [0.2, 0.25) is 0 Å². The van der Waals surface area contributed by atoms with Crippen LogP contribution < -0.4 is 0 Å². The van der Waals surface area contributed by atoms with Gasteiger partial charge in [-0.1, -0.05) is 29.8 Å². The van der Waals surface area contributed by atoms with E-state index in [1.165, 1.54) is 10.5 Å². The van der Waals surface area contributed by atoms with Gasteiger partial charge in [0.15, 0.2) is 20.5 Å². The molecule has 0 aliphatic carbocycles. The molecule has 2 unspecified atom stereocenters. The third-order valence-electron chi connectivity index (χ3n) is 4.30. The van der Waals surface area contributed by atoms with Crippen LogP contribution in [0.5, 0.6) is 0 Å². The SMILES string of the molecule is CC(=O)c1ccc2c(c1)S(=O)c1ccccc1[S+]2c1ccc(C)cc1. The smallest absolute Gasteiger partial charge is 0.183 e. The standard InChI is InChI=1S/C21H17O2S2/c1-14-7-10-17(11-8-14)24-18-5-3-4-6-20(18)25(23)21-13-16(15(2)22)9-12-19(21)24/h3-13H,1-2H3/q+1. The van der Waals surface area contributed by atoms with Gasteiger partial charge < -0.3 is 0 Å². The number of carbonyl (C=O) groups excluding carboxylic acids is 1. The fourth-order valence-electron chi connectivity index (χ4n) is 2.98. The fourth-order valence-corrected chi connectivity index (χ4v) is 7.21. The molecule has 124 valence electrons. The Morgan fingerprint density at radius 2 is 1.56 bits per heavy atom. The lowest BCUT2D eigenvalue weighted by Gasteiger charge is -2.19. The summed E-state index contributed by atoms with van der Waals surface area (Å²) < 4.78 is 13.1. The number of hydrogen-bond acceptors (Lipinski definition) is 2. The van der Waals surface area contributed by atoms with Crippen molar-refractivity contribution in [2.24, 2.45) is 0 Å². The van der Waals surface area contributed by atoms with Crippen molar-refractivity contribution < 1.29 is 9.00 Å². The molecule has 0 aromatic heterocycles. The molecule has 2 atom stereocenters. The highest BCUT2D eigenvalue weighted by Crippen LogP contribution is 2.43. The fraction of sp³-hybridized carbons (Fsp3) is 0.0952. The molecular weight excluding hydrogens is 348 g/mol. The second kappa shape index (κ2) is 6.28. The Kier molecular flexibility index (Phi) is 4.10. The molecule has 4 rings (SSSR count). The number of carbonyl (C=O) groups is 1. The first kappa shape index (κ1) is 16.3. The second-order valence-corrected chi connectivity index (χ2v) is 9.43. The molecule has 25 heavy (non-hydrogen) atoms. The van der Waals surface area contributed by atoms with Gasteiger partial charge >= 0.3 is 0 Å². The summed E-state index contributed by atoms with van der Waals surface area (Å²) in [5, 5.41) is 0. The number of benzene rings is 3. The first-order valence-corrected chi connectivity index (χ1v) is 10.4. The van der Waals surface area contributed by atoms with Gasteiger partial charge in [0.2, 0.25) is 0 Å². The molecule has 0 saturated carbocycles. The van der Waals surface area contributed by atoms with Gasteiger partial charge in [-0.25, -0.2) is 4.21 Å². The van der Waals surface area contributed by atoms with E-state index >= 15 is 0 Å². The van der Waals surface area contributed by atoms with Gasteiger partial charge in [-0.05, 0) is 56.3 Å². The molecule has 4 heteroatoms. The van der Waals surface area contributed by atoms with Crippen molar-refractivity contribution in [1.82, 2.24) is 0 Å². The highest BCUT2D eigenvalue weighted by atomic mass is 32.2. The zero-order chi connectivity index (χ0) is 17.6. The third-order valence-corrected chi connectivity index (χ3v) is 8.38. The average Bonchev–Trinajstić information content (AvgIpc) is 2.63. The number of aryl methyl sites for hydroxylation is 1. The Labute approximate surface area is 152 Å². The normalized spacial score (nSPS) is 18.3. The largest absolute Gasteiger partial charge is 0.295 e. The summed E-state index contributed by atoms with van der Waals surface area (Å²) in [7, 11) is -1.57. The van der Waals surface area contributed by atoms with Crippen LogP contribution in [0, 0.1) is 6.92 Å². The van der Waals surface area contributed by atoms with E-state index in [2.05, 4.69) is 37.3 Å². The number of hydrogen-bond donors (Lipinski definition) is 0. The minimum Gasteiger partial charge on any atom is -0.295 e. The number of ketones is 1. The van der Waals surface area contributed by atoms with E-state index in [1.807, 2.05) is 30.3 Å². The van der Waals surface area contributed by atoms with E-state index in [9.17, 15) is 9.00 Å². The molecule has 1 heterocycles. The summed E-state index contributed by atoms with van der Waals surface area (Å²) >= 11 is 0. The maximum Gasteiger partial charge on any atom is 0.183 e. The van der Waals surface area contributed by atoms with Crippen molar-refractivity contribution in [3.63, 3.8) is 0 Å². The van der Waals surface area contributed by atoms with Crippen LogP contribution in [-0.2, 0) is 21.7 Å². The van der Waals surface area contributed by atoms with E-state index in [4.69, 9.17) is 0 Å². The Bertz CT molecular complexity index is 1010. The van der Waals surface area contributed by atoms with Crippen LogP contribution in [-0.4, -0.2) is 9.99 Å². The predicted octanol–water partition coefficient (Wildman–Crippen LogP) is 4.77. The molecule has 0 radical (unpaired) electrons. The van der Waals surface area contributed by atoms with Gasteiger partial charge in [0.1, 0.15) is 15.8 Å². The molecule has 1 aliphatic heterocycles. The summed E-state index contributed by atoms with van der Waals surface area (Å²) in [6, 6.07) is 22.1. The summed E-state index contributed by atoms with van der Waals surface area (Å²) in [6.07, 6.45) is 0. The second-order valence-electron chi connectivity index (χ2n) is 6.05. The van der Waals surface area contributed by atoms with Crippen LogP contribution >= 0.6 is 0 Å². The molecular formula is C21H17O2S2+. The molecule has 0 amide bonds. The Hall–Kier alpha value is -2.17. The molecule has 0 bridgehead atoms. The number of rotatable bonds is 2. The Morgan fingerprint density at radius 1 is 0.880 bits per heavy atom. The van der Waals surface area contributed by atoms with Gasteiger partial charge in [0.05, 0.1) is 15.7 Å². The van der Waals surface area contributed by atoms with Crippen molar-refractivity contribution in [3.05, 3.63) is 77.9 Å². The van der Waals surface area contributed by atoms with E-state index in [-0.39, 0.29) is 16.7 Å². The molecule has 0 saturated heterocycles. The van der Waals surface area contributed by atoms with Gasteiger partial charge in [-0.2, -0.15) is 0 Å². The molecule has 0 spiro atoms. The van der Waals surface area contributed by atoms with Crippen LogP contribution in [0.3, 0.4) is 0 Å². The van der Waals surface area contributed by atoms with Crippen molar-refractivity contribution >= 4 is 27.5 Å². The quantitative estimate of drug-likeness (QED) is 0.379. The minimum atomic E-state index is -1.26. The lowest BCUT2D eigenvalue weighted by Crippen LogP contribution is -2.17. The van der Waals surface area contributed by atoms with Gasteiger partial charge in [0.25, 0.3) is 0 Å².